The molecule has 0 spiro atoms. The van der Waals surface area contributed by atoms with Crippen LogP contribution >= 0.6 is 0 Å². The summed E-state index contributed by atoms with van der Waals surface area (Å²) in [6.45, 7) is 20.4. The predicted octanol–water partition coefficient (Wildman–Crippen LogP) is 3.67. The third kappa shape index (κ3) is 3.19. The highest BCUT2D eigenvalue weighted by atomic mass is 16.7. The summed E-state index contributed by atoms with van der Waals surface area (Å²) in [6, 6.07) is 0. The van der Waals surface area contributed by atoms with Gasteiger partial charge in [0.25, 0.3) is 0 Å². The first-order valence-corrected chi connectivity index (χ1v) is 8.15. The maximum Gasteiger partial charge on any atom is 0.488 e. The lowest BCUT2D eigenvalue weighted by Crippen LogP contribution is -2.44. The van der Waals surface area contributed by atoms with Crippen LogP contribution in [0.5, 0.6) is 0 Å². The molecule has 4 nitrogen and oxygen atoms in total. The zero-order valence-electron chi connectivity index (χ0n) is 15.5. The van der Waals surface area contributed by atoms with Gasteiger partial charge in [-0.25, -0.2) is 0 Å². The standard InChI is InChI=1S/C13H26B2O4.C2H6/c1-9-13(8)12(6,7)18-15(19-13)14-16-10(2,3)11(4,5)17-14;1-2/h9H2,1-8H3;1-2H3. The van der Waals surface area contributed by atoms with Gasteiger partial charge in [0.05, 0.1) is 22.4 Å². The molecular weight excluding hydrogens is 266 g/mol. The van der Waals surface area contributed by atoms with Crippen molar-refractivity contribution < 1.29 is 18.6 Å². The maximum atomic E-state index is 6.11. The van der Waals surface area contributed by atoms with E-state index in [0.717, 1.165) is 6.42 Å². The quantitative estimate of drug-likeness (QED) is 0.729. The van der Waals surface area contributed by atoms with E-state index in [9.17, 15) is 0 Å². The Kier molecular flexibility index (Phi) is 5.32. The Bertz CT molecular complexity index is 355. The summed E-state index contributed by atoms with van der Waals surface area (Å²) >= 11 is 0. The number of rotatable bonds is 2. The Hall–Kier alpha value is -0.0301. The summed E-state index contributed by atoms with van der Waals surface area (Å²) in [4.78, 5) is 0. The molecule has 0 aromatic rings. The van der Waals surface area contributed by atoms with Crippen LogP contribution in [-0.4, -0.2) is 36.4 Å². The summed E-state index contributed by atoms with van der Waals surface area (Å²) in [6.07, 6.45) is 0.885. The fourth-order valence-electron chi connectivity index (χ4n) is 2.46. The van der Waals surface area contributed by atoms with Crippen molar-refractivity contribution in [3.8, 4) is 0 Å². The Morgan fingerprint density at radius 2 is 0.952 bits per heavy atom. The minimum Gasteiger partial charge on any atom is -0.405 e. The van der Waals surface area contributed by atoms with E-state index < -0.39 is 14.0 Å². The second-order valence-corrected chi connectivity index (χ2v) is 7.32. The summed E-state index contributed by atoms with van der Waals surface area (Å²) in [7, 11) is -0.946. The monoisotopic (exact) mass is 298 g/mol. The molecule has 0 aromatic heterocycles. The van der Waals surface area contributed by atoms with Crippen LogP contribution in [0.2, 0.25) is 0 Å². The lowest BCUT2D eigenvalue weighted by molar-refractivity contribution is -0.0118. The highest BCUT2D eigenvalue weighted by Crippen LogP contribution is 2.44. The zero-order chi connectivity index (χ0) is 16.7. The minimum atomic E-state index is -0.474. The second kappa shape index (κ2) is 5.88. The Labute approximate surface area is 131 Å². The van der Waals surface area contributed by atoms with Gasteiger partial charge in [-0.15, -0.1) is 0 Å². The van der Waals surface area contributed by atoms with Gasteiger partial charge in [0.15, 0.2) is 0 Å². The molecule has 0 aromatic carbocycles. The molecule has 1 atom stereocenters. The molecule has 2 fully saturated rings. The Balaban J connectivity index is 0.00000106. The van der Waals surface area contributed by atoms with Crippen LogP contribution in [0.15, 0.2) is 0 Å². The van der Waals surface area contributed by atoms with E-state index in [1.807, 2.05) is 41.5 Å². The van der Waals surface area contributed by atoms with Crippen LogP contribution in [0, 0.1) is 0 Å². The van der Waals surface area contributed by atoms with Gasteiger partial charge in [0.1, 0.15) is 0 Å². The highest BCUT2D eigenvalue weighted by molar-refractivity contribution is 7.11. The zero-order valence-corrected chi connectivity index (χ0v) is 15.5. The molecule has 2 rings (SSSR count). The SMILES string of the molecule is CC.CCC1(C)OB(B2OC(C)(C)C(C)(C)O2)OC1(C)C. The highest BCUT2D eigenvalue weighted by Gasteiger charge is 2.64. The molecule has 0 bridgehead atoms. The van der Waals surface area contributed by atoms with Crippen LogP contribution < -0.4 is 0 Å². The van der Waals surface area contributed by atoms with Crippen molar-refractivity contribution in [2.75, 3.05) is 0 Å². The molecule has 0 amide bonds. The average Bonchev–Trinajstić information content (AvgIpc) is 2.74. The van der Waals surface area contributed by atoms with Crippen molar-refractivity contribution in [2.24, 2.45) is 0 Å². The van der Waals surface area contributed by atoms with Gasteiger partial charge in [0.2, 0.25) is 0 Å². The van der Waals surface area contributed by atoms with Crippen LogP contribution in [-0.2, 0) is 18.6 Å². The topological polar surface area (TPSA) is 36.9 Å². The third-order valence-electron chi connectivity index (χ3n) is 5.23. The molecule has 2 heterocycles. The van der Waals surface area contributed by atoms with Gasteiger partial charge in [-0.2, -0.15) is 0 Å². The maximum absolute atomic E-state index is 6.11. The molecule has 0 N–H and O–H groups in total. The normalized spacial score (nSPS) is 32.9. The Morgan fingerprint density at radius 3 is 1.29 bits per heavy atom. The molecule has 6 heteroatoms. The van der Waals surface area contributed by atoms with Crippen molar-refractivity contribution in [1.82, 2.24) is 0 Å². The van der Waals surface area contributed by atoms with E-state index in [-0.39, 0.29) is 22.4 Å². The summed E-state index contributed by atoms with van der Waals surface area (Å²) < 4.78 is 24.2. The summed E-state index contributed by atoms with van der Waals surface area (Å²) in [5.74, 6) is 0. The molecule has 0 aliphatic carbocycles. The fraction of sp³-hybridized carbons (Fsp3) is 1.00. The van der Waals surface area contributed by atoms with E-state index in [2.05, 4.69) is 27.7 Å². The van der Waals surface area contributed by atoms with Gasteiger partial charge in [-0.05, 0) is 54.9 Å². The molecule has 1 unspecified atom stereocenters. The number of hydrogen-bond acceptors (Lipinski definition) is 4. The van der Waals surface area contributed by atoms with Crippen LogP contribution in [0.3, 0.4) is 0 Å². The van der Waals surface area contributed by atoms with Crippen molar-refractivity contribution in [3.05, 3.63) is 0 Å². The second-order valence-electron chi connectivity index (χ2n) is 7.32. The van der Waals surface area contributed by atoms with E-state index in [0.29, 0.717) is 0 Å². The summed E-state index contributed by atoms with van der Waals surface area (Å²) in [5, 5.41) is 0. The first-order valence-electron chi connectivity index (χ1n) is 8.15. The molecule has 0 radical (unpaired) electrons. The first kappa shape index (κ1) is 19.0. The fourth-order valence-corrected chi connectivity index (χ4v) is 2.46. The van der Waals surface area contributed by atoms with Crippen LogP contribution in [0.1, 0.15) is 75.7 Å². The molecule has 0 saturated carbocycles. The van der Waals surface area contributed by atoms with E-state index in [4.69, 9.17) is 18.6 Å². The molecule has 2 aliphatic rings. The lowest BCUT2D eigenvalue weighted by Gasteiger charge is -2.35. The smallest absolute Gasteiger partial charge is 0.405 e. The van der Waals surface area contributed by atoms with Gasteiger partial charge < -0.3 is 18.6 Å². The van der Waals surface area contributed by atoms with Gasteiger partial charge in [-0.1, -0.05) is 20.8 Å². The minimum absolute atomic E-state index is 0.318. The summed E-state index contributed by atoms with van der Waals surface area (Å²) in [5.41, 5.74) is -1.39. The average molecular weight is 298 g/mol. The van der Waals surface area contributed by atoms with Crippen molar-refractivity contribution in [3.63, 3.8) is 0 Å². The van der Waals surface area contributed by atoms with E-state index in [1.54, 1.807) is 0 Å². The largest absolute Gasteiger partial charge is 0.488 e. The lowest BCUT2D eigenvalue weighted by atomic mass is 9.49. The van der Waals surface area contributed by atoms with Gasteiger partial charge >= 0.3 is 14.0 Å². The molecule has 2 saturated heterocycles. The molecule has 21 heavy (non-hydrogen) atoms. The third-order valence-corrected chi connectivity index (χ3v) is 5.23. The molecule has 2 aliphatic heterocycles. The van der Waals surface area contributed by atoms with Gasteiger partial charge in [-0.3, -0.25) is 0 Å². The van der Waals surface area contributed by atoms with Crippen LogP contribution in [0.25, 0.3) is 0 Å². The van der Waals surface area contributed by atoms with E-state index >= 15 is 0 Å². The van der Waals surface area contributed by atoms with Crippen molar-refractivity contribution >= 4 is 14.0 Å². The van der Waals surface area contributed by atoms with Crippen molar-refractivity contribution in [2.45, 2.75) is 98.1 Å². The number of hydrogen-bond donors (Lipinski definition) is 0. The Morgan fingerprint density at radius 1 is 0.619 bits per heavy atom. The first-order chi connectivity index (χ1) is 9.44. The van der Waals surface area contributed by atoms with Crippen LogP contribution in [0.4, 0.5) is 0 Å². The van der Waals surface area contributed by atoms with Crippen molar-refractivity contribution in [1.29, 1.82) is 0 Å². The predicted molar refractivity (Wildman–Crippen MR) is 88.1 cm³/mol. The van der Waals surface area contributed by atoms with E-state index in [1.165, 1.54) is 0 Å². The molecular formula is C15H32B2O4. The molecule has 122 valence electrons. The van der Waals surface area contributed by atoms with Gasteiger partial charge in [0, 0.05) is 0 Å².